The first-order valence-electron chi connectivity index (χ1n) is 11.9. The first-order chi connectivity index (χ1) is 17.0. The molecule has 3 saturated heterocycles. The van der Waals surface area contributed by atoms with E-state index < -0.39 is 0 Å². The fraction of sp³-hybridized carbons (Fsp3) is 0.333. The summed E-state index contributed by atoms with van der Waals surface area (Å²) in [6, 6.07) is 17.4. The van der Waals surface area contributed by atoms with Crippen LogP contribution in [0.1, 0.15) is 35.8 Å². The maximum Gasteiger partial charge on any atom is 0.319 e. The number of nitriles is 1. The van der Waals surface area contributed by atoms with Gasteiger partial charge in [-0.15, -0.1) is 0 Å². The molecule has 3 aromatic rings. The quantitative estimate of drug-likeness (QED) is 0.574. The van der Waals surface area contributed by atoms with Gasteiger partial charge in [0.1, 0.15) is 11.6 Å². The number of fused-ring (bicyclic) bond motifs is 3. The molecule has 7 nitrogen and oxygen atoms in total. The standard InChI is InChI=1S/C27H27FN6O/c1-17-31-25(19-5-7-21(28)8-6-19)13-26(32-17)24-16-34-10-9-20(24)12-23(34)15-30-27(35)33-22-4-2-3-18(11-22)14-29/h2-8,11,13,20,23-24H,9-10,12,15-16H2,1H3,(H2,30,33,35)/t20-,23+,24+/m0/s1. The Labute approximate surface area is 204 Å². The van der Waals surface area contributed by atoms with Crippen LogP contribution in [-0.4, -0.2) is 46.6 Å². The highest BCUT2D eigenvalue weighted by Gasteiger charge is 2.41. The molecule has 3 aliphatic rings. The highest BCUT2D eigenvalue weighted by molar-refractivity contribution is 5.89. The lowest BCUT2D eigenvalue weighted by atomic mass is 9.74. The number of carbonyl (C=O) groups excluding carboxylic acids is 1. The van der Waals surface area contributed by atoms with Crippen LogP contribution in [0, 0.1) is 30.0 Å². The summed E-state index contributed by atoms with van der Waals surface area (Å²) in [5.74, 6) is 1.25. The molecule has 0 spiro atoms. The minimum atomic E-state index is -0.269. The molecule has 0 aliphatic carbocycles. The van der Waals surface area contributed by atoms with Crippen molar-refractivity contribution in [2.75, 3.05) is 25.0 Å². The van der Waals surface area contributed by atoms with Crippen LogP contribution in [0.15, 0.2) is 54.6 Å². The van der Waals surface area contributed by atoms with Gasteiger partial charge in [-0.05, 0) is 80.8 Å². The van der Waals surface area contributed by atoms with Crippen molar-refractivity contribution in [3.8, 4) is 17.3 Å². The average Bonchev–Trinajstić information content (AvgIpc) is 2.88. The average molecular weight is 471 g/mol. The summed E-state index contributed by atoms with van der Waals surface area (Å²) >= 11 is 0. The summed E-state index contributed by atoms with van der Waals surface area (Å²) < 4.78 is 13.4. The SMILES string of the molecule is Cc1nc(-c2ccc(F)cc2)cc([C@@H]2CN3CC[C@H]2C[C@@H]3CNC(=O)Nc2cccc(C#N)c2)n1. The summed E-state index contributed by atoms with van der Waals surface area (Å²) in [7, 11) is 0. The minimum Gasteiger partial charge on any atom is -0.336 e. The molecule has 0 radical (unpaired) electrons. The highest BCUT2D eigenvalue weighted by Crippen LogP contribution is 2.41. The molecule has 6 rings (SSSR count). The van der Waals surface area contributed by atoms with Gasteiger partial charge in [0.25, 0.3) is 0 Å². The van der Waals surface area contributed by atoms with Crippen LogP contribution < -0.4 is 10.6 Å². The highest BCUT2D eigenvalue weighted by atomic mass is 19.1. The van der Waals surface area contributed by atoms with Gasteiger partial charge < -0.3 is 10.6 Å². The molecule has 2 bridgehead atoms. The predicted molar refractivity (Wildman–Crippen MR) is 131 cm³/mol. The monoisotopic (exact) mass is 470 g/mol. The number of hydrogen-bond acceptors (Lipinski definition) is 5. The number of rotatable bonds is 5. The number of anilines is 1. The van der Waals surface area contributed by atoms with Crippen LogP contribution in [0.25, 0.3) is 11.3 Å². The smallest absolute Gasteiger partial charge is 0.319 e. The summed E-state index contributed by atoms with van der Waals surface area (Å²) in [5.41, 5.74) is 3.84. The summed E-state index contributed by atoms with van der Waals surface area (Å²) in [6.45, 7) is 4.36. The zero-order valence-corrected chi connectivity index (χ0v) is 19.5. The zero-order chi connectivity index (χ0) is 24.4. The molecule has 2 aromatic carbocycles. The number of carbonyl (C=O) groups is 1. The predicted octanol–water partition coefficient (Wildman–Crippen LogP) is 4.46. The lowest BCUT2D eigenvalue weighted by Gasteiger charge is -2.49. The second-order valence-electron chi connectivity index (χ2n) is 9.30. The summed E-state index contributed by atoms with van der Waals surface area (Å²) in [4.78, 5) is 24.2. The first-order valence-corrected chi connectivity index (χ1v) is 11.9. The number of nitrogens with one attached hydrogen (secondary N) is 2. The van der Waals surface area contributed by atoms with Crippen LogP contribution in [-0.2, 0) is 0 Å². The van der Waals surface area contributed by atoms with Crippen molar-refractivity contribution in [2.45, 2.75) is 31.7 Å². The Hall–Kier alpha value is -3.83. The van der Waals surface area contributed by atoms with E-state index in [4.69, 9.17) is 10.2 Å². The number of benzene rings is 2. The Bertz CT molecular complexity index is 1270. The number of hydrogen-bond donors (Lipinski definition) is 2. The van der Waals surface area contributed by atoms with Crippen molar-refractivity contribution in [3.05, 3.63) is 77.5 Å². The van der Waals surface area contributed by atoms with Gasteiger partial charge in [0.05, 0.1) is 17.3 Å². The van der Waals surface area contributed by atoms with Gasteiger partial charge in [0.15, 0.2) is 0 Å². The molecule has 4 heterocycles. The maximum atomic E-state index is 13.4. The molecule has 1 unspecified atom stereocenters. The largest absolute Gasteiger partial charge is 0.336 e. The van der Waals surface area contributed by atoms with Crippen LogP contribution in [0.3, 0.4) is 0 Å². The summed E-state index contributed by atoms with van der Waals surface area (Å²) in [5, 5.41) is 14.8. The van der Waals surface area contributed by atoms with Crippen molar-refractivity contribution in [1.29, 1.82) is 5.26 Å². The molecular weight excluding hydrogens is 443 g/mol. The first kappa shape index (κ1) is 22.9. The fourth-order valence-corrected chi connectivity index (χ4v) is 5.29. The van der Waals surface area contributed by atoms with E-state index in [9.17, 15) is 9.18 Å². The third-order valence-corrected chi connectivity index (χ3v) is 7.00. The lowest BCUT2D eigenvalue weighted by molar-refractivity contribution is 0.0307. The molecule has 2 amide bonds. The summed E-state index contributed by atoms with van der Waals surface area (Å²) in [6.07, 6.45) is 2.09. The van der Waals surface area contributed by atoms with Crippen LogP contribution in [0.4, 0.5) is 14.9 Å². The van der Waals surface area contributed by atoms with E-state index in [-0.39, 0.29) is 17.9 Å². The Balaban J connectivity index is 1.22. The molecule has 8 heteroatoms. The Morgan fingerprint density at radius 3 is 2.77 bits per heavy atom. The maximum absolute atomic E-state index is 13.4. The molecule has 2 N–H and O–H groups in total. The van der Waals surface area contributed by atoms with Gasteiger partial charge in [-0.1, -0.05) is 6.07 Å². The molecule has 35 heavy (non-hydrogen) atoms. The van der Waals surface area contributed by atoms with Crippen LogP contribution >= 0.6 is 0 Å². The van der Waals surface area contributed by atoms with Gasteiger partial charge in [-0.2, -0.15) is 5.26 Å². The van der Waals surface area contributed by atoms with Gasteiger partial charge in [-0.3, -0.25) is 4.90 Å². The normalized spacial score (nSPS) is 22.9. The number of aromatic nitrogens is 2. The van der Waals surface area contributed by atoms with Crippen molar-refractivity contribution in [2.24, 2.45) is 5.92 Å². The minimum absolute atomic E-state index is 0.263. The Morgan fingerprint density at radius 1 is 1.20 bits per heavy atom. The van der Waals surface area contributed by atoms with E-state index in [1.807, 2.05) is 13.0 Å². The molecular formula is C27H27FN6O. The number of amides is 2. The van der Waals surface area contributed by atoms with E-state index >= 15 is 0 Å². The van der Waals surface area contributed by atoms with E-state index in [1.165, 1.54) is 12.1 Å². The van der Waals surface area contributed by atoms with E-state index in [0.717, 1.165) is 42.9 Å². The molecule has 178 valence electrons. The number of urea groups is 1. The molecule has 4 atom stereocenters. The van der Waals surface area contributed by atoms with Crippen molar-refractivity contribution in [3.63, 3.8) is 0 Å². The topological polar surface area (TPSA) is 93.9 Å². The van der Waals surface area contributed by atoms with Gasteiger partial charge in [-0.25, -0.2) is 19.2 Å². The second-order valence-corrected chi connectivity index (χ2v) is 9.30. The fourth-order valence-electron chi connectivity index (χ4n) is 5.29. The molecule has 1 aromatic heterocycles. The van der Waals surface area contributed by atoms with Crippen LogP contribution in [0.2, 0.25) is 0 Å². The third kappa shape index (κ3) is 5.15. The molecule has 3 fully saturated rings. The van der Waals surface area contributed by atoms with E-state index in [0.29, 0.717) is 35.5 Å². The van der Waals surface area contributed by atoms with Crippen molar-refractivity contribution < 1.29 is 9.18 Å². The van der Waals surface area contributed by atoms with Crippen LogP contribution in [0.5, 0.6) is 0 Å². The second kappa shape index (κ2) is 9.80. The van der Waals surface area contributed by atoms with E-state index in [2.05, 4.69) is 26.6 Å². The van der Waals surface area contributed by atoms with E-state index in [1.54, 1.807) is 36.4 Å². The van der Waals surface area contributed by atoms with Crippen molar-refractivity contribution in [1.82, 2.24) is 20.2 Å². The Kier molecular flexibility index (Phi) is 6.43. The van der Waals surface area contributed by atoms with Gasteiger partial charge in [0, 0.05) is 42.0 Å². The molecule has 3 aliphatic heterocycles. The number of nitrogens with zero attached hydrogens (tertiary/aromatic N) is 4. The number of aryl methyl sites for hydroxylation is 1. The lowest BCUT2D eigenvalue weighted by Crippen LogP contribution is -2.56. The van der Waals surface area contributed by atoms with Gasteiger partial charge >= 0.3 is 6.03 Å². The van der Waals surface area contributed by atoms with Gasteiger partial charge in [0.2, 0.25) is 0 Å². The number of piperidine rings is 3. The van der Waals surface area contributed by atoms with Crippen molar-refractivity contribution >= 4 is 11.7 Å². The Morgan fingerprint density at radius 2 is 2.03 bits per heavy atom. The molecule has 0 saturated carbocycles. The number of halogens is 1. The zero-order valence-electron chi connectivity index (χ0n) is 19.5. The third-order valence-electron chi connectivity index (χ3n) is 7.00.